The molecule has 2 bridgehead atoms. The number of amides is 1. The second-order valence-electron chi connectivity index (χ2n) is 19.4. The zero-order valence-corrected chi connectivity index (χ0v) is 37.3. The third kappa shape index (κ3) is 8.47. The van der Waals surface area contributed by atoms with Crippen molar-refractivity contribution in [1.29, 1.82) is 0 Å². The van der Waals surface area contributed by atoms with Gasteiger partial charge in [-0.1, -0.05) is 62.4 Å². The Morgan fingerprint density at radius 3 is 2.16 bits per heavy atom. The number of esters is 3. The number of aliphatic hydroxyl groups is 4. The van der Waals surface area contributed by atoms with Crippen LogP contribution in [0, 0.1) is 16.7 Å². The molecule has 17 nitrogen and oxygen atoms in total. The van der Waals surface area contributed by atoms with Crippen LogP contribution in [0.25, 0.3) is 0 Å². The molecule has 7 rings (SSSR count). The molecule has 5 aliphatic rings. The van der Waals surface area contributed by atoms with Crippen LogP contribution in [0.1, 0.15) is 83.3 Å². The van der Waals surface area contributed by atoms with Crippen LogP contribution >= 0.6 is 0 Å². The van der Waals surface area contributed by atoms with Crippen LogP contribution in [-0.2, 0) is 42.8 Å². The summed E-state index contributed by atoms with van der Waals surface area (Å²) in [5.74, 6) is -5.40. The highest BCUT2D eigenvalue weighted by atomic mass is 16.6. The lowest BCUT2D eigenvalue weighted by molar-refractivity contribution is -0.343. The van der Waals surface area contributed by atoms with E-state index in [-0.39, 0.29) is 36.3 Å². The molecule has 4 fully saturated rings. The normalized spacial score (nSPS) is 33.4. The molecule has 64 heavy (non-hydrogen) atoms. The Morgan fingerprint density at radius 1 is 0.938 bits per heavy atom. The zero-order valence-electron chi connectivity index (χ0n) is 37.3. The minimum absolute atomic E-state index is 0.0667. The van der Waals surface area contributed by atoms with Crippen molar-refractivity contribution in [3.05, 3.63) is 82.9 Å². The largest absolute Gasteiger partial charge is 0.455 e. The van der Waals surface area contributed by atoms with E-state index in [2.05, 4.69) is 5.32 Å². The molecular formula is C47H60N2O15. The first-order chi connectivity index (χ1) is 30.0. The molecule has 0 aromatic heterocycles. The molecule has 2 aromatic rings. The van der Waals surface area contributed by atoms with Gasteiger partial charge in [-0.05, 0) is 63.5 Å². The van der Waals surface area contributed by atoms with Crippen molar-refractivity contribution in [1.82, 2.24) is 10.2 Å². The Bertz CT molecular complexity index is 2130. The van der Waals surface area contributed by atoms with Gasteiger partial charge in [-0.3, -0.25) is 14.5 Å². The van der Waals surface area contributed by atoms with E-state index in [9.17, 15) is 44.4 Å². The Morgan fingerprint density at radius 2 is 1.56 bits per heavy atom. The van der Waals surface area contributed by atoms with Crippen LogP contribution < -0.4 is 5.32 Å². The summed E-state index contributed by atoms with van der Waals surface area (Å²) in [6, 6.07) is 14.8. The van der Waals surface area contributed by atoms with Gasteiger partial charge in [-0.25, -0.2) is 14.4 Å². The Labute approximate surface area is 372 Å². The molecule has 2 saturated carbocycles. The SMILES string of the molecule is CC1=C2[C@@H](O)C(=O)[C@@]3(C)C([C@H](OC(=O)c4ccccc4)[C@](O)(C[C@@H]1OC(=O)[C@H](OC(=O)CN1CCOCC1)[C@@H](NC(=O)OC(C)(C)C)c1ccccc1)C2(C)C)[C@]1(O)CO[C@@H]1C[C@@H]3O. The summed E-state index contributed by atoms with van der Waals surface area (Å²) in [5, 5.41) is 52.7. The van der Waals surface area contributed by atoms with Crippen molar-refractivity contribution in [2.24, 2.45) is 16.7 Å². The molecule has 1 amide bonds. The number of hydrogen-bond donors (Lipinski definition) is 5. The quantitative estimate of drug-likeness (QED) is 0.131. The Balaban J connectivity index is 1.33. The number of nitrogens with zero attached hydrogens (tertiary/aromatic N) is 1. The molecule has 2 saturated heterocycles. The highest BCUT2D eigenvalue weighted by molar-refractivity contribution is 5.94. The van der Waals surface area contributed by atoms with Crippen LogP contribution in [0.15, 0.2) is 71.8 Å². The summed E-state index contributed by atoms with van der Waals surface area (Å²) in [6.45, 7) is 12.0. The maximum Gasteiger partial charge on any atom is 0.408 e. The van der Waals surface area contributed by atoms with E-state index in [0.29, 0.717) is 31.9 Å². The Kier molecular flexibility index (Phi) is 13.0. The fourth-order valence-corrected chi connectivity index (χ4v) is 10.4. The van der Waals surface area contributed by atoms with Crippen molar-refractivity contribution in [2.75, 3.05) is 39.5 Å². The first-order valence-electron chi connectivity index (χ1n) is 21.7. The zero-order chi connectivity index (χ0) is 46.6. The first kappa shape index (κ1) is 47.2. The third-order valence-corrected chi connectivity index (χ3v) is 14.0. The lowest BCUT2D eigenvalue weighted by Gasteiger charge is -2.66. The molecule has 2 heterocycles. The van der Waals surface area contributed by atoms with E-state index in [4.69, 9.17) is 28.4 Å². The summed E-state index contributed by atoms with van der Waals surface area (Å²) in [6.07, 6.45) is -11.4. The number of carbonyl (C=O) groups is 5. The van der Waals surface area contributed by atoms with Gasteiger partial charge in [0.15, 0.2) is 5.78 Å². The van der Waals surface area contributed by atoms with Gasteiger partial charge < -0.3 is 54.2 Å². The molecule has 5 N–H and O–H groups in total. The lowest BCUT2D eigenvalue weighted by atomic mass is 9.44. The monoisotopic (exact) mass is 892 g/mol. The second kappa shape index (κ2) is 17.6. The molecule has 0 radical (unpaired) electrons. The van der Waals surface area contributed by atoms with Gasteiger partial charge in [0.05, 0.1) is 49.6 Å². The molecule has 0 spiro atoms. The van der Waals surface area contributed by atoms with Crippen molar-refractivity contribution >= 4 is 29.8 Å². The standard InChI is InChI=1S/C47H60N2O15/c1-26-29(61-41(55)36(62-32(51)24-49-18-20-59-21-19-49)34(27-14-10-8-11-15-27)48-42(56)64-43(2,3)4)23-47(58)39(63-40(54)28-16-12-9-13-17-28)37-45(7,30(50)22-31-46(37,57)25-60-31)38(53)35(52)33(26)44(47,5)6/h8-17,29-31,34-37,39,50,52,57-58H,18-25H2,1-7H3,(H,48,56)/t29-,30-,31+,34-,35+,36+,37?,39-,45+,46-,47+/m0/s1. The molecule has 17 heteroatoms. The summed E-state index contributed by atoms with van der Waals surface area (Å²) < 4.78 is 35.2. The predicted molar refractivity (Wildman–Crippen MR) is 225 cm³/mol. The van der Waals surface area contributed by atoms with E-state index in [1.54, 1.807) is 88.0 Å². The van der Waals surface area contributed by atoms with Crippen LogP contribution in [0.4, 0.5) is 4.79 Å². The van der Waals surface area contributed by atoms with E-state index >= 15 is 0 Å². The number of ketones is 1. The maximum absolute atomic E-state index is 14.9. The number of ether oxygens (including phenoxy) is 6. The fourth-order valence-electron chi connectivity index (χ4n) is 10.4. The Hall–Kier alpha value is -4.75. The van der Waals surface area contributed by atoms with E-state index < -0.39 is 112 Å². The number of hydrogen-bond acceptors (Lipinski definition) is 16. The average molecular weight is 893 g/mol. The predicted octanol–water partition coefficient (Wildman–Crippen LogP) is 2.57. The number of aliphatic hydroxyl groups excluding tert-OH is 2. The van der Waals surface area contributed by atoms with E-state index in [1.807, 2.05) is 0 Å². The van der Waals surface area contributed by atoms with E-state index in [1.165, 1.54) is 26.0 Å². The van der Waals surface area contributed by atoms with E-state index in [0.717, 1.165) is 0 Å². The molecule has 11 atom stereocenters. The van der Waals surface area contributed by atoms with Crippen molar-refractivity contribution in [2.45, 2.75) is 121 Å². The fraction of sp³-hybridized carbons (Fsp3) is 0.596. The first-order valence-corrected chi connectivity index (χ1v) is 21.7. The highest BCUT2D eigenvalue weighted by Crippen LogP contribution is 2.63. The van der Waals surface area contributed by atoms with Crippen LogP contribution in [0.3, 0.4) is 0 Å². The molecule has 2 aliphatic heterocycles. The topological polar surface area (TPSA) is 237 Å². The maximum atomic E-state index is 14.9. The number of benzene rings is 2. The number of fused-ring (bicyclic) bond motifs is 5. The third-order valence-electron chi connectivity index (χ3n) is 14.0. The molecule has 2 aromatic carbocycles. The number of rotatable bonds is 10. The molecule has 1 unspecified atom stereocenters. The van der Waals surface area contributed by atoms with Gasteiger partial charge in [0.2, 0.25) is 6.10 Å². The number of Topliss-reactive ketones (excluding diaryl/α,β-unsaturated/α-hetero) is 1. The number of nitrogens with one attached hydrogen (secondary N) is 1. The van der Waals surface area contributed by atoms with Crippen LogP contribution in [-0.4, -0.2) is 148 Å². The van der Waals surface area contributed by atoms with Gasteiger partial charge in [0, 0.05) is 37.3 Å². The van der Waals surface area contributed by atoms with Gasteiger partial charge in [0.1, 0.15) is 41.2 Å². The minimum Gasteiger partial charge on any atom is -0.455 e. The number of carbonyl (C=O) groups excluding carboxylic acids is 5. The highest BCUT2D eigenvalue weighted by Gasteiger charge is 2.76. The molecular weight excluding hydrogens is 833 g/mol. The lowest BCUT2D eigenvalue weighted by Crippen LogP contribution is -2.81. The molecule has 3 aliphatic carbocycles. The van der Waals surface area contributed by atoms with Gasteiger partial charge in [0.25, 0.3) is 0 Å². The summed E-state index contributed by atoms with van der Waals surface area (Å²) >= 11 is 0. The van der Waals surface area contributed by atoms with Crippen molar-refractivity contribution < 1.29 is 72.8 Å². The minimum atomic E-state index is -2.37. The smallest absolute Gasteiger partial charge is 0.408 e. The van der Waals surface area contributed by atoms with Gasteiger partial charge in [-0.2, -0.15) is 0 Å². The summed E-state index contributed by atoms with van der Waals surface area (Å²) in [7, 11) is 0. The summed E-state index contributed by atoms with van der Waals surface area (Å²) in [5.41, 5.74) is -8.41. The average Bonchev–Trinajstić information content (AvgIpc) is 3.24. The van der Waals surface area contributed by atoms with Crippen molar-refractivity contribution in [3.63, 3.8) is 0 Å². The molecule has 348 valence electrons. The second-order valence-corrected chi connectivity index (χ2v) is 19.4. The summed E-state index contributed by atoms with van der Waals surface area (Å²) in [4.78, 5) is 73.0. The van der Waals surface area contributed by atoms with Gasteiger partial charge in [-0.15, -0.1) is 0 Å². The van der Waals surface area contributed by atoms with Gasteiger partial charge >= 0.3 is 24.0 Å². The van der Waals surface area contributed by atoms with Crippen molar-refractivity contribution in [3.8, 4) is 0 Å². The van der Waals surface area contributed by atoms with Crippen LogP contribution in [0.2, 0.25) is 0 Å². The number of alkyl carbamates (subject to hydrolysis) is 1. The van der Waals surface area contributed by atoms with Crippen LogP contribution in [0.5, 0.6) is 0 Å². The number of morpholine rings is 1.